The number of rotatable bonds is 10. The zero-order chi connectivity index (χ0) is 16.2. The summed E-state index contributed by atoms with van der Waals surface area (Å²) in [4.78, 5) is 11.6. The maximum atomic E-state index is 11.6. The van der Waals surface area contributed by atoms with E-state index >= 15 is 0 Å². The van der Waals surface area contributed by atoms with Gasteiger partial charge >= 0.3 is 0 Å². The molecule has 0 saturated heterocycles. The molecule has 2 N–H and O–H groups in total. The highest BCUT2D eigenvalue weighted by molar-refractivity contribution is 5.91. The molecule has 5 heteroatoms. The van der Waals surface area contributed by atoms with Gasteiger partial charge in [0, 0.05) is 19.2 Å². The fraction of sp³-hybridized carbons (Fsp3) is 0.471. The summed E-state index contributed by atoms with van der Waals surface area (Å²) >= 11 is 0. The fourth-order valence-electron chi connectivity index (χ4n) is 1.76. The van der Waals surface area contributed by atoms with Crippen LogP contribution < -0.4 is 14.8 Å². The molecule has 0 aromatic heterocycles. The van der Waals surface area contributed by atoms with Crippen LogP contribution in [0.2, 0.25) is 0 Å². The number of aliphatic hydroxyl groups is 1. The summed E-state index contributed by atoms with van der Waals surface area (Å²) in [7, 11) is 1.59. The Labute approximate surface area is 131 Å². The second-order valence-electron chi connectivity index (χ2n) is 4.81. The number of amides is 1. The normalized spacial score (nSPS) is 10.7. The van der Waals surface area contributed by atoms with E-state index in [1.807, 2.05) is 18.2 Å². The van der Waals surface area contributed by atoms with Gasteiger partial charge in [-0.05, 0) is 36.6 Å². The van der Waals surface area contributed by atoms with Crippen molar-refractivity contribution in [3.05, 3.63) is 29.8 Å². The number of methoxy groups -OCH3 is 1. The summed E-state index contributed by atoms with van der Waals surface area (Å²) in [6.45, 7) is 3.31. The van der Waals surface area contributed by atoms with Crippen LogP contribution in [0.5, 0.6) is 11.5 Å². The Kier molecular flexibility index (Phi) is 8.76. The molecule has 1 aromatic rings. The van der Waals surface area contributed by atoms with Crippen LogP contribution in [0.15, 0.2) is 24.3 Å². The van der Waals surface area contributed by atoms with Crippen molar-refractivity contribution >= 4 is 12.0 Å². The molecule has 5 nitrogen and oxygen atoms in total. The fourth-order valence-corrected chi connectivity index (χ4v) is 1.76. The van der Waals surface area contributed by atoms with Gasteiger partial charge in [-0.3, -0.25) is 4.79 Å². The van der Waals surface area contributed by atoms with E-state index in [4.69, 9.17) is 14.6 Å². The van der Waals surface area contributed by atoms with Gasteiger partial charge in [-0.2, -0.15) is 0 Å². The number of carbonyl (C=O) groups excluding carboxylic acids is 1. The van der Waals surface area contributed by atoms with Gasteiger partial charge in [-0.15, -0.1) is 0 Å². The van der Waals surface area contributed by atoms with Crippen molar-refractivity contribution in [1.29, 1.82) is 0 Å². The molecular formula is C17H25NO4. The number of unbranched alkanes of at least 4 members (excludes halogenated alkanes) is 1. The number of aliphatic hydroxyl groups excluding tert-OH is 1. The largest absolute Gasteiger partial charge is 0.493 e. The van der Waals surface area contributed by atoms with Crippen molar-refractivity contribution in [2.45, 2.75) is 26.2 Å². The second-order valence-corrected chi connectivity index (χ2v) is 4.81. The van der Waals surface area contributed by atoms with Crippen molar-refractivity contribution in [2.24, 2.45) is 0 Å². The molecule has 0 radical (unpaired) electrons. The lowest BCUT2D eigenvalue weighted by atomic mass is 10.2. The number of carbonyl (C=O) groups is 1. The number of nitrogens with one attached hydrogen (secondary N) is 1. The lowest BCUT2D eigenvalue weighted by Gasteiger charge is -2.10. The van der Waals surface area contributed by atoms with Gasteiger partial charge in [0.05, 0.1) is 13.7 Å². The Morgan fingerprint density at radius 2 is 2.14 bits per heavy atom. The predicted molar refractivity (Wildman–Crippen MR) is 87.1 cm³/mol. The number of benzene rings is 1. The van der Waals surface area contributed by atoms with Gasteiger partial charge in [0.15, 0.2) is 11.5 Å². The van der Waals surface area contributed by atoms with Crippen LogP contribution in [-0.2, 0) is 4.79 Å². The summed E-state index contributed by atoms with van der Waals surface area (Å²) in [5.74, 6) is 1.18. The van der Waals surface area contributed by atoms with Crippen molar-refractivity contribution in [3.8, 4) is 11.5 Å². The zero-order valence-electron chi connectivity index (χ0n) is 13.3. The van der Waals surface area contributed by atoms with Crippen molar-refractivity contribution < 1.29 is 19.4 Å². The Hall–Kier alpha value is -2.01. The molecule has 1 aromatic carbocycles. The highest BCUT2D eigenvalue weighted by Gasteiger charge is 2.04. The zero-order valence-corrected chi connectivity index (χ0v) is 13.3. The summed E-state index contributed by atoms with van der Waals surface area (Å²) in [6.07, 6.45) is 5.81. The van der Waals surface area contributed by atoms with Crippen LogP contribution in [0.25, 0.3) is 6.08 Å². The average molecular weight is 307 g/mol. The van der Waals surface area contributed by atoms with E-state index in [9.17, 15) is 4.79 Å². The van der Waals surface area contributed by atoms with Crippen LogP contribution >= 0.6 is 0 Å². The Morgan fingerprint density at radius 3 is 2.82 bits per heavy atom. The molecule has 1 rings (SSSR count). The van der Waals surface area contributed by atoms with Crippen LogP contribution in [0.3, 0.4) is 0 Å². The molecule has 122 valence electrons. The Balaban J connectivity index is 2.62. The quantitative estimate of drug-likeness (QED) is 0.514. The molecule has 1 amide bonds. The van der Waals surface area contributed by atoms with Crippen LogP contribution in [0, 0.1) is 0 Å². The molecule has 0 aliphatic heterocycles. The van der Waals surface area contributed by atoms with Gasteiger partial charge < -0.3 is 19.9 Å². The van der Waals surface area contributed by atoms with Crippen molar-refractivity contribution in [2.75, 3.05) is 26.9 Å². The van der Waals surface area contributed by atoms with Gasteiger partial charge in [-0.25, -0.2) is 0 Å². The monoisotopic (exact) mass is 307 g/mol. The predicted octanol–water partition coefficient (Wildman–Crippen LogP) is 2.39. The topological polar surface area (TPSA) is 67.8 Å². The maximum Gasteiger partial charge on any atom is 0.244 e. The lowest BCUT2D eigenvalue weighted by Crippen LogP contribution is -2.22. The number of hydrogen-bond acceptors (Lipinski definition) is 4. The standard InChI is InChI=1S/C17H25NO4/c1-3-4-12-22-15-8-6-14(13-16(15)21-2)7-9-17(20)18-10-5-11-19/h6-9,13,19H,3-5,10-12H2,1-2H3,(H,18,20)/b9-7+. The minimum absolute atomic E-state index is 0.0701. The summed E-state index contributed by atoms with van der Waals surface area (Å²) in [6, 6.07) is 5.55. The number of ether oxygens (including phenoxy) is 2. The molecule has 0 aliphatic rings. The van der Waals surface area contributed by atoms with Crippen LogP contribution in [0.4, 0.5) is 0 Å². The van der Waals surface area contributed by atoms with Gasteiger partial charge in [-0.1, -0.05) is 19.4 Å². The first-order valence-electron chi connectivity index (χ1n) is 7.58. The molecule has 0 fully saturated rings. The maximum absolute atomic E-state index is 11.6. The van der Waals surface area contributed by atoms with Gasteiger partial charge in [0.25, 0.3) is 0 Å². The van der Waals surface area contributed by atoms with E-state index in [2.05, 4.69) is 12.2 Å². The summed E-state index contributed by atoms with van der Waals surface area (Å²) < 4.78 is 11.0. The minimum Gasteiger partial charge on any atom is -0.493 e. The second kappa shape index (κ2) is 10.7. The van der Waals surface area contributed by atoms with Gasteiger partial charge in [0.1, 0.15) is 0 Å². The molecule has 0 spiro atoms. The van der Waals surface area contributed by atoms with Crippen molar-refractivity contribution in [1.82, 2.24) is 5.32 Å². The molecule has 0 saturated carbocycles. The highest BCUT2D eigenvalue weighted by Crippen LogP contribution is 2.28. The van der Waals surface area contributed by atoms with E-state index in [-0.39, 0.29) is 12.5 Å². The van der Waals surface area contributed by atoms with E-state index in [1.165, 1.54) is 6.08 Å². The van der Waals surface area contributed by atoms with E-state index in [1.54, 1.807) is 13.2 Å². The number of hydrogen-bond donors (Lipinski definition) is 2. The minimum atomic E-state index is -0.185. The van der Waals surface area contributed by atoms with E-state index < -0.39 is 0 Å². The first-order chi connectivity index (χ1) is 10.7. The molecule has 22 heavy (non-hydrogen) atoms. The summed E-state index contributed by atoms with van der Waals surface area (Å²) in [5.41, 5.74) is 0.858. The molecular weight excluding hydrogens is 282 g/mol. The molecule has 0 bridgehead atoms. The summed E-state index contributed by atoms with van der Waals surface area (Å²) in [5, 5.41) is 11.3. The molecule has 0 heterocycles. The third-order valence-electron chi connectivity index (χ3n) is 3.00. The van der Waals surface area contributed by atoms with Crippen LogP contribution in [0.1, 0.15) is 31.7 Å². The SMILES string of the molecule is CCCCOc1ccc(/C=C/C(=O)NCCCO)cc1OC. The Bertz CT molecular complexity index is 486. The van der Waals surface area contributed by atoms with E-state index in [0.717, 1.165) is 18.4 Å². The molecule has 0 aliphatic carbocycles. The van der Waals surface area contributed by atoms with Crippen LogP contribution in [-0.4, -0.2) is 37.9 Å². The third-order valence-corrected chi connectivity index (χ3v) is 3.00. The molecule has 0 unspecified atom stereocenters. The van der Waals surface area contributed by atoms with Crippen molar-refractivity contribution in [3.63, 3.8) is 0 Å². The smallest absolute Gasteiger partial charge is 0.244 e. The highest BCUT2D eigenvalue weighted by atomic mass is 16.5. The van der Waals surface area contributed by atoms with E-state index in [0.29, 0.717) is 31.1 Å². The third kappa shape index (κ3) is 6.63. The molecule has 0 atom stereocenters. The first kappa shape index (κ1) is 18.0. The first-order valence-corrected chi connectivity index (χ1v) is 7.58. The van der Waals surface area contributed by atoms with Gasteiger partial charge in [0.2, 0.25) is 5.91 Å². The average Bonchev–Trinajstić information content (AvgIpc) is 2.54. The lowest BCUT2D eigenvalue weighted by molar-refractivity contribution is -0.116. The Morgan fingerprint density at radius 1 is 1.32 bits per heavy atom.